The third kappa shape index (κ3) is 4.13. The molecular formula is C15H24N4O. The monoisotopic (exact) mass is 276 g/mol. The number of rotatable bonds is 5. The highest BCUT2D eigenvalue weighted by molar-refractivity contribution is 5.99. The summed E-state index contributed by atoms with van der Waals surface area (Å²) in [5.74, 6) is -0.124. The molecule has 0 saturated carbocycles. The van der Waals surface area contributed by atoms with Crippen LogP contribution in [0.5, 0.6) is 0 Å². The molecule has 20 heavy (non-hydrogen) atoms. The average molecular weight is 276 g/mol. The highest BCUT2D eigenvalue weighted by atomic mass is 16.1. The number of nitrogens with two attached hydrogens (primary N) is 2. The lowest BCUT2D eigenvalue weighted by Gasteiger charge is -2.26. The predicted octanol–water partition coefficient (Wildman–Crippen LogP) is 1.46. The molecule has 1 saturated heterocycles. The van der Waals surface area contributed by atoms with E-state index >= 15 is 0 Å². The van der Waals surface area contributed by atoms with Gasteiger partial charge in [-0.1, -0.05) is 6.42 Å². The maximum absolute atomic E-state index is 12.0. The smallest absolute Gasteiger partial charge is 0.253 e. The third-order valence-electron chi connectivity index (χ3n) is 3.71. The standard InChI is InChI=1S/C15H24N4O/c16-12-5-6-13(14(17)11-12)15(20)18-7-4-10-19-8-2-1-3-9-19/h5-6,11H,1-4,7-10,16-17H2,(H,18,20). The van der Waals surface area contributed by atoms with Crippen molar-refractivity contribution < 1.29 is 4.79 Å². The maximum atomic E-state index is 12.0. The van der Waals surface area contributed by atoms with Gasteiger partial charge in [-0.25, -0.2) is 0 Å². The topological polar surface area (TPSA) is 84.4 Å². The second-order valence-corrected chi connectivity index (χ2v) is 5.36. The summed E-state index contributed by atoms with van der Waals surface area (Å²) in [6, 6.07) is 4.98. The van der Waals surface area contributed by atoms with E-state index in [1.165, 1.54) is 32.4 Å². The Labute approximate surface area is 120 Å². The van der Waals surface area contributed by atoms with E-state index in [1.54, 1.807) is 18.2 Å². The molecule has 0 radical (unpaired) electrons. The van der Waals surface area contributed by atoms with Crippen molar-refractivity contribution >= 4 is 17.3 Å². The summed E-state index contributed by atoms with van der Waals surface area (Å²) in [4.78, 5) is 14.4. The number of carbonyl (C=O) groups excluding carboxylic acids is 1. The lowest BCUT2D eigenvalue weighted by Crippen LogP contribution is -2.33. The molecule has 2 rings (SSSR count). The number of likely N-dealkylation sites (tertiary alicyclic amines) is 1. The maximum Gasteiger partial charge on any atom is 0.253 e. The van der Waals surface area contributed by atoms with Gasteiger partial charge >= 0.3 is 0 Å². The number of hydrogen-bond acceptors (Lipinski definition) is 4. The number of nitrogens with zero attached hydrogens (tertiary/aromatic N) is 1. The normalized spacial score (nSPS) is 16.0. The SMILES string of the molecule is Nc1ccc(C(=O)NCCCN2CCCCC2)c(N)c1. The van der Waals surface area contributed by atoms with E-state index in [4.69, 9.17) is 11.5 Å². The molecule has 1 aliphatic rings. The molecule has 1 aromatic rings. The molecule has 1 fully saturated rings. The zero-order valence-corrected chi connectivity index (χ0v) is 11.9. The van der Waals surface area contributed by atoms with E-state index in [1.807, 2.05) is 0 Å². The minimum Gasteiger partial charge on any atom is -0.399 e. The molecule has 5 nitrogen and oxygen atoms in total. The first-order valence-corrected chi connectivity index (χ1v) is 7.32. The first kappa shape index (κ1) is 14.7. The van der Waals surface area contributed by atoms with Crippen LogP contribution >= 0.6 is 0 Å². The zero-order chi connectivity index (χ0) is 14.4. The van der Waals surface area contributed by atoms with E-state index in [9.17, 15) is 4.79 Å². The van der Waals surface area contributed by atoms with Crippen LogP contribution in [0.15, 0.2) is 18.2 Å². The number of nitrogens with one attached hydrogen (secondary N) is 1. The second-order valence-electron chi connectivity index (χ2n) is 5.36. The average Bonchev–Trinajstić information content (AvgIpc) is 2.44. The highest BCUT2D eigenvalue weighted by Crippen LogP contribution is 2.15. The highest BCUT2D eigenvalue weighted by Gasteiger charge is 2.11. The summed E-state index contributed by atoms with van der Waals surface area (Å²) in [5.41, 5.74) is 12.9. The largest absolute Gasteiger partial charge is 0.399 e. The Bertz CT molecular complexity index is 455. The Morgan fingerprint density at radius 2 is 1.95 bits per heavy atom. The molecule has 0 bridgehead atoms. The van der Waals surface area contributed by atoms with Crippen molar-refractivity contribution in [3.8, 4) is 0 Å². The lowest BCUT2D eigenvalue weighted by molar-refractivity contribution is 0.0952. The Balaban J connectivity index is 1.72. The van der Waals surface area contributed by atoms with E-state index in [2.05, 4.69) is 10.2 Å². The third-order valence-corrected chi connectivity index (χ3v) is 3.71. The van der Waals surface area contributed by atoms with Gasteiger partial charge in [-0.2, -0.15) is 0 Å². The molecule has 1 aliphatic heterocycles. The molecule has 0 unspecified atom stereocenters. The van der Waals surface area contributed by atoms with Gasteiger partial charge in [0.2, 0.25) is 0 Å². The summed E-state index contributed by atoms with van der Waals surface area (Å²) < 4.78 is 0. The summed E-state index contributed by atoms with van der Waals surface area (Å²) in [5, 5.41) is 2.91. The van der Waals surface area contributed by atoms with Crippen LogP contribution < -0.4 is 16.8 Å². The van der Waals surface area contributed by atoms with Gasteiger partial charge in [0.25, 0.3) is 5.91 Å². The summed E-state index contributed by atoms with van der Waals surface area (Å²) in [6.45, 7) is 4.12. The number of anilines is 2. The van der Waals surface area contributed by atoms with Crippen LogP contribution in [0.3, 0.4) is 0 Å². The van der Waals surface area contributed by atoms with Crippen molar-refractivity contribution in [2.45, 2.75) is 25.7 Å². The Hall–Kier alpha value is -1.75. The van der Waals surface area contributed by atoms with Gasteiger partial charge in [0.15, 0.2) is 0 Å². The molecule has 5 N–H and O–H groups in total. The fourth-order valence-corrected chi connectivity index (χ4v) is 2.57. The summed E-state index contributed by atoms with van der Waals surface area (Å²) in [7, 11) is 0. The Morgan fingerprint density at radius 1 is 1.20 bits per heavy atom. The molecular weight excluding hydrogens is 252 g/mol. The summed E-state index contributed by atoms with van der Waals surface area (Å²) >= 11 is 0. The van der Waals surface area contributed by atoms with Crippen LogP contribution in [0, 0.1) is 0 Å². The fourth-order valence-electron chi connectivity index (χ4n) is 2.57. The molecule has 1 heterocycles. The van der Waals surface area contributed by atoms with E-state index in [0.717, 1.165) is 13.0 Å². The first-order valence-electron chi connectivity index (χ1n) is 7.32. The molecule has 1 aromatic carbocycles. The summed E-state index contributed by atoms with van der Waals surface area (Å²) in [6.07, 6.45) is 4.92. The van der Waals surface area contributed by atoms with Gasteiger partial charge in [-0.3, -0.25) is 4.79 Å². The predicted molar refractivity (Wildman–Crippen MR) is 82.5 cm³/mol. The fraction of sp³-hybridized carbons (Fsp3) is 0.533. The van der Waals surface area contributed by atoms with Crippen molar-refractivity contribution in [3.63, 3.8) is 0 Å². The molecule has 110 valence electrons. The first-order chi connectivity index (χ1) is 9.66. The molecule has 5 heteroatoms. The van der Waals surface area contributed by atoms with Crippen molar-refractivity contribution in [3.05, 3.63) is 23.8 Å². The van der Waals surface area contributed by atoms with Crippen LogP contribution in [0.4, 0.5) is 11.4 Å². The van der Waals surface area contributed by atoms with Gasteiger partial charge in [0.05, 0.1) is 5.56 Å². The van der Waals surface area contributed by atoms with E-state index < -0.39 is 0 Å². The number of hydrogen-bond donors (Lipinski definition) is 3. The minimum atomic E-state index is -0.124. The number of piperidine rings is 1. The molecule has 0 aliphatic carbocycles. The number of nitrogen functional groups attached to an aromatic ring is 2. The van der Waals surface area contributed by atoms with Crippen LogP contribution in [0.25, 0.3) is 0 Å². The molecule has 0 aromatic heterocycles. The Morgan fingerprint density at radius 3 is 2.65 bits per heavy atom. The molecule has 1 amide bonds. The van der Waals surface area contributed by atoms with Crippen molar-refractivity contribution in [2.24, 2.45) is 0 Å². The zero-order valence-electron chi connectivity index (χ0n) is 11.9. The van der Waals surface area contributed by atoms with E-state index in [0.29, 0.717) is 23.5 Å². The van der Waals surface area contributed by atoms with Crippen molar-refractivity contribution in [1.82, 2.24) is 10.2 Å². The lowest BCUT2D eigenvalue weighted by atomic mass is 10.1. The van der Waals surface area contributed by atoms with Gasteiger partial charge < -0.3 is 21.7 Å². The number of amides is 1. The van der Waals surface area contributed by atoms with Crippen LogP contribution in [-0.4, -0.2) is 37.0 Å². The Kier molecular flexibility index (Phi) is 5.24. The molecule has 0 spiro atoms. The molecule has 0 atom stereocenters. The number of benzene rings is 1. The van der Waals surface area contributed by atoms with Crippen LogP contribution in [0.1, 0.15) is 36.0 Å². The van der Waals surface area contributed by atoms with Crippen molar-refractivity contribution in [1.29, 1.82) is 0 Å². The van der Waals surface area contributed by atoms with Gasteiger partial charge in [0, 0.05) is 17.9 Å². The van der Waals surface area contributed by atoms with Crippen molar-refractivity contribution in [2.75, 3.05) is 37.6 Å². The quantitative estimate of drug-likeness (QED) is 0.561. The van der Waals surface area contributed by atoms with Gasteiger partial charge in [-0.05, 0) is 57.1 Å². The van der Waals surface area contributed by atoms with Gasteiger partial charge in [0.1, 0.15) is 0 Å². The van der Waals surface area contributed by atoms with Gasteiger partial charge in [-0.15, -0.1) is 0 Å². The van der Waals surface area contributed by atoms with Crippen LogP contribution in [-0.2, 0) is 0 Å². The second kappa shape index (κ2) is 7.14. The van der Waals surface area contributed by atoms with E-state index in [-0.39, 0.29) is 5.91 Å². The number of carbonyl (C=O) groups is 1. The van der Waals surface area contributed by atoms with Crippen LogP contribution in [0.2, 0.25) is 0 Å². The minimum absolute atomic E-state index is 0.124.